The molecule has 0 spiro atoms. The normalized spacial score (nSPS) is 15.1. The number of amides is 3. The largest absolute Gasteiger partial charge is 0.459 e. The minimum absolute atomic E-state index is 0.0901. The SMILES string of the molecule is C[C@@H](O)[C@H](NC(=O)[C@@](C)(NC(=O)OC(C)(C)C)C(=O)NC1c2ccccc2-c2ccccc21)C(=O)OCc1ccccc1. The van der Waals surface area contributed by atoms with Gasteiger partial charge in [0.15, 0.2) is 11.6 Å². The number of nitrogens with one attached hydrogen (secondary N) is 3. The molecule has 3 aromatic carbocycles. The Hall–Kier alpha value is -4.70. The van der Waals surface area contributed by atoms with Crippen LogP contribution in [0.3, 0.4) is 0 Å². The highest BCUT2D eigenvalue weighted by Crippen LogP contribution is 2.43. The lowest BCUT2D eigenvalue weighted by atomic mass is 9.96. The molecule has 0 bridgehead atoms. The van der Waals surface area contributed by atoms with Crippen LogP contribution < -0.4 is 16.0 Å². The highest BCUT2D eigenvalue weighted by atomic mass is 16.6. The van der Waals surface area contributed by atoms with Crippen LogP contribution in [0.2, 0.25) is 0 Å². The van der Waals surface area contributed by atoms with Gasteiger partial charge in [0.1, 0.15) is 12.2 Å². The zero-order valence-corrected chi connectivity index (χ0v) is 24.8. The Bertz CT molecular complexity index is 1450. The zero-order valence-electron chi connectivity index (χ0n) is 24.8. The average molecular weight is 588 g/mol. The highest BCUT2D eigenvalue weighted by Gasteiger charge is 2.47. The molecular formula is C33H37N3O7. The first kappa shape index (κ1) is 31.2. The summed E-state index contributed by atoms with van der Waals surface area (Å²) >= 11 is 0. The van der Waals surface area contributed by atoms with Crippen molar-refractivity contribution in [3.8, 4) is 11.1 Å². The Morgan fingerprint density at radius 1 is 0.814 bits per heavy atom. The molecule has 0 unspecified atom stereocenters. The molecule has 1 aliphatic rings. The van der Waals surface area contributed by atoms with Gasteiger partial charge in [0, 0.05) is 0 Å². The van der Waals surface area contributed by atoms with Gasteiger partial charge >= 0.3 is 12.1 Å². The molecular weight excluding hydrogens is 550 g/mol. The minimum atomic E-state index is -2.26. The molecule has 0 fully saturated rings. The van der Waals surface area contributed by atoms with Crippen LogP contribution in [-0.2, 0) is 30.5 Å². The quantitative estimate of drug-likeness (QED) is 0.221. The van der Waals surface area contributed by atoms with Crippen molar-refractivity contribution in [2.24, 2.45) is 0 Å². The van der Waals surface area contributed by atoms with Gasteiger partial charge in [-0.15, -0.1) is 0 Å². The molecule has 4 rings (SSSR count). The van der Waals surface area contributed by atoms with Gasteiger partial charge in [-0.3, -0.25) is 14.9 Å². The first-order valence-electron chi connectivity index (χ1n) is 14.0. The standard InChI is InChI=1S/C33H37N3O7/c1-20(37)26(28(38)42-19-21-13-7-6-8-14-21)34-29(39)33(5,36-31(41)43-32(2,3)4)30(40)35-27-24-17-11-9-15-22(24)23-16-10-12-18-25(23)27/h6-18,20,26-27,37H,19H2,1-5H3,(H,34,39)(H,35,40)(H,36,41)/t20-,26+,33-/m1/s1. The van der Waals surface area contributed by atoms with E-state index in [0.29, 0.717) is 5.56 Å². The number of carbonyl (C=O) groups excluding carboxylic acids is 4. The number of benzene rings is 3. The summed E-state index contributed by atoms with van der Waals surface area (Å²) in [6.45, 7) is 7.35. The Labute approximate surface area is 250 Å². The van der Waals surface area contributed by atoms with E-state index in [0.717, 1.165) is 22.3 Å². The topological polar surface area (TPSA) is 143 Å². The molecule has 0 radical (unpaired) electrons. The average Bonchev–Trinajstić information content (AvgIpc) is 3.27. The van der Waals surface area contributed by atoms with Gasteiger partial charge in [0.05, 0.1) is 12.1 Å². The molecule has 3 aromatic rings. The number of esters is 1. The number of carbonyl (C=O) groups is 4. The van der Waals surface area contributed by atoms with Crippen LogP contribution in [0.25, 0.3) is 11.1 Å². The Morgan fingerprint density at radius 2 is 1.35 bits per heavy atom. The summed E-state index contributed by atoms with van der Waals surface area (Å²) in [5.41, 5.74) is 1.04. The summed E-state index contributed by atoms with van der Waals surface area (Å²) in [6.07, 6.45) is -2.40. The van der Waals surface area contributed by atoms with Crippen LogP contribution in [0.5, 0.6) is 0 Å². The fourth-order valence-corrected chi connectivity index (χ4v) is 4.79. The van der Waals surface area contributed by atoms with Crippen LogP contribution in [0.1, 0.15) is 57.4 Å². The monoisotopic (exact) mass is 587 g/mol. The predicted octanol–water partition coefficient (Wildman–Crippen LogP) is 3.77. The first-order valence-corrected chi connectivity index (χ1v) is 14.0. The number of rotatable bonds is 9. The third-order valence-corrected chi connectivity index (χ3v) is 7.02. The number of ether oxygens (including phenoxy) is 2. The molecule has 0 saturated carbocycles. The van der Waals surface area contributed by atoms with Crippen molar-refractivity contribution in [2.45, 2.75) is 70.6 Å². The molecule has 0 aromatic heterocycles. The summed E-state index contributed by atoms with van der Waals surface area (Å²) in [5, 5.41) is 18.1. The third kappa shape index (κ3) is 7.21. The van der Waals surface area contributed by atoms with E-state index in [4.69, 9.17) is 9.47 Å². The van der Waals surface area contributed by atoms with E-state index in [2.05, 4.69) is 16.0 Å². The number of hydrogen-bond donors (Lipinski definition) is 4. The van der Waals surface area contributed by atoms with E-state index in [1.807, 2.05) is 54.6 Å². The molecule has 1 aliphatic carbocycles. The van der Waals surface area contributed by atoms with Crippen LogP contribution in [0.15, 0.2) is 78.9 Å². The van der Waals surface area contributed by atoms with Crippen LogP contribution >= 0.6 is 0 Å². The lowest BCUT2D eigenvalue weighted by molar-refractivity contribution is -0.153. The number of fused-ring (bicyclic) bond motifs is 3. The minimum Gasteiger partial charge on any atom is -0.459 e. The predicted molar refractivity (Wildman–Crippen MR) is 159 cm³/mol. The summed E-state index contributed by atoms with van der Waals surface area (Å²) in [6, 6.07) is 21.9. The smallest absolute Gasteiger partial charge is 0.408 e. The second kappa shape index (κ2) is 12.7. The second-order valence-electron chi connectivity index (χ2n) is 11.6. The van der Waals surface area contributed by atoms with Gasteiger partial charge in [-0.25, -0.2) is 9.59 Å². The van der Waals surface area contributed by atoms with E-state index in [9.17, 15) is 24.3 Å². The van der Waals surface area contributed by atoms with Crippen molar-refractivity contribution in [1.82, 2.24) is 16.0 Å². The van der Waals surface area contributed by atoms with Gasteiger partial charge in [0.2, 0.25) is 0 Å². The summed E-state index contributed by atoms with van der Waals surface area (Å²) in [7, 11) is 0. The van der Waals surface area contributed by atoms with Crippen molar-refractivity contribution in [2.75, 3.05) is 0 Å². The number of aliphatic hydroxyl groups excluding tert-OH is 1. The fraction of sp³-hybridized carbons (Fsp3) is 0.333. The molecule has 10 nitrogen and oxygen atoms in total. The Morgan fingerprint density at radius 3 is 1.88 bits per heavy atom. The van der Waals surface area contributed by atoms with Crippen molar-refractivity contribution >= 4 is 23.9 Å². The molecule has 10 heteroatoms. The molecule has 226 valence electrons. The molecule has 0 heterocycles. The van der Waals surface area contributed by atoms with Crippen LogP contribution in [-0.4, -0.2) is 52.3 Å². The molecule has 43 heavy (non-hydrogen) atoms. The maximum Gasteiger partial charge on any atom is 0.408 e. The van der Waals surface area contributed by atoms with Crippen LogP contribution in [0, 0.1) is 0 Å². The van der Waals surface area contributed by atoms with Gasteiger partial charge in [-0.2, -0.15) is 0 Å². The van der Waals surface area contributed by atoms with E-state index >= 15 is 0 Å². The van der Waals surface area contributed by atoms with E-state index in [-0.39, 0.29) is 6.61 Å². The molecule has 4 N–H and O–H groups in total. The van der Waals surface area contributed by atoms with Crippen molar-refractivity contribution in [1.29, 1.82) is 0 Å². The number of alkyl carbamates (subject to hydrolysis) is 1. The Kier molecular flexibility index (Phi) is 9.20. The van der Waals surface area contributed by atoms with Gasteiger partial charge < -0.3 is 25.2 Å². The maximum atomic E-state index is 14.0. The lowest BCUT2D eigenvalue weighted by Gasteiger charge is -2.32. The summed E-state index contributed by atoms with van der Waals surface area (Å²) in [4.78, 5) is 53.6. The van der Waals surface area contributed by atoms with Crippen molar-refractivity contribution < 1.29 is 33.8 Å². The fourth-order valence-electron chi connectivity index (χ4n) is 4.79. The van der Waals surface area contributed by atoms with Crippen molar-refractivity contribution in [3.63, 3.8) is 0 Å². The lowest BCUT2D eigenvalue weighted by Crippen LogP contribution is -2.67. The number of hydrogen-bond acceptors (Lipinski definition) is 7. The van der Waals surface area contributed by atoms with Crippen LogP contribution in [0.4, 0.5) is 4.79 Å². The van der Waals surface area contributed by atoms with E-state index in [1.54, 1.807) is 45.0 Å². The summed E-state index contributed by atoms with van der Waals surface area (Å²) in [5.74, 6) is -2.81. The van der Waals surface area contributed by atoms with E-state index in [1.165, 1.54) is 13.8 Å². The van der Waals surface area contributed by atoms with E-state index < -0.39 is 53.2 Å². The zero-order chi connectivity index (χ0) is 31.4. The highest BCUT2D eigenvalue weighted by molar-refractivity contribution is 6.12. The van der Waals surface area contributed by atoms with Gasteiger partial charge in [-0.05, 0) is 62.4 Å². The summed E-state index contributed by atoms with van der Waals surface area (Å²) < 4.78 is 10.7. The Balaban J connectivity index is 1.60. The first-order chi connectivity index (χ1) is 20.3. The molecule has 0 saturated heterocycles. The van der Waals surface area contributed by atoms with Gasteiger partial charge in [-0.1, -0.05) is 78.9 Å². The second-order valence-corrected chi connectivity index (χ2v) is 11.6. The molecule has 3 amide bonds. The number of aliphatic hydroxyl groups is 1. The molecule has 3 atom stereocenters. The van der Waals surface area contributed by atoms with Crippen molar-refractivity contribution in [3.05, 3.63) is 95.6 Å². The molecule has 0 aliphatic heterocycles. The van der Waals surface area contributed by atoms with Gasteiger partial charge in [0.25, 0.3) is 11.8 Å². The third-order valence-electron chi connectivity index (χ3n) is 7.02. The maximum absolute atomic E-state index is 14.0.